The van der Waals surface area contributed by atoms with Gasteiger partial charge >= 0.3 is 0 Å². The van der Waals surface area contributed by atoms with E-state index in [-0.39, 0.29) is 16.8 Å². The number of halogens is 1. The van der Waals surface area contributed by atoms with Crippen LogP contribution in [0.25, 0.3) is 0 Å². The number of rotatable bonds is 6. The molecule has 1 aliphatic rings. The fraction of sp³-hybridized carbons (Fsp3) is 0.421. The lowest BCUT2D eigenvalue weighted by molar-refractivity contribution is 0.326. The molecule has 3 rings (SSSR count). The molecule has 1 saturated carbocycles. The third-order valence-corrected chi connectivity index (χ3v) is 6.34. The molecule has 1 fully saturated rings. The Morgan fingerprint density at radius 2 is 2.00 bits per heavy atom. The first-order valence-electron chi connectivity index (χ1n) is 8.85. The van der Waals surface area contributed by atoms with Gasteiger partial charge in [-0.15, -0.1) is 0 Å². The smallest absolute Gasteiger partial charge is 0.262 e. The Labute approximate surface area is 159 Å². The van der Waals surface area contributed by atoms with Crippen LogP contribution >= 0.6 is 11.6 Å². The lowest BCUT2D eigenvalue weighted by Gasteiger charge is -2.30. The maximum Gasteiger partial charge on any atom is 0.262 e. The summed E-state index contributed by atoms with van der Waals surface area (Å²) in [5.41, 5.74) is 1.20. The number of nitrogens with one attached hydrogen (secondary N) is 1. The topological polar surface area (TPSA) is 68.3 Å². The van der Waals surface area contributed by atoms with Gasteiger partial charge in [0.2, 0.25) is 5.03 Å². The van der Waals surface area contributed by atoms with Gasteiger partial charge < -0.3 is 4.74 Å². The van der Waals surface area contributed by atoms with E-state index in [2.05, 4.69) is 9.71 Å². The fourth-order valence-electron chi connectivity index (χ4n) is 3.45. The summed E-state index contributed by atoms with van der Waals surface area (Å²) >= 11 is 5.96. The lowest BCUT2D eigenvalue weighted by Crippen LogP contribution is -2.38. The molecule has 0 saturated heterocycles. The van der Waals surface area contributed by atoms with Crippen LogP contribution in [0, 0.1) is 0 Å². The second-order valence-corrected chi connectivity index (χ2v) is 8.54. The van der Waals surface area contributed by atoms with Gasteiger partial charge in [-0.1, -0.05) is 30.2 Å². The van der Waals surface area contributed by atoms with Gasteiger partial charge in [-0.3, -0.25) is 0 Å². The van der Waals surface area contributed by atoms with Crippen molar-refractivity contribution in [1.82, 2.24) is 9.71 Å². The molecule has 5 nitrogen and oxygen atoms in total. The maximum atomic E-state index is 12.8. The van der Waals surface area contributed by atoms with E-state index >= 15 is 0 Å². The molecule has 26 heavy (non-hydrogen) atoms. The zero-order valence-corrected chi connectivity index (χ0v) is 16.3. The van der Waals surface area contributed by atoms with Crippen LogP contribution in [0.2, 0.25) is 5.02 Å². The summed E-state index contributed by atoms with van der Waals surface area (Å²) in [5, 5.41) is 0.663. The zero-order chi connectivity index (χ0) is 18.6. The largest absolute Gasteiger partial charge is 0.491 e. The third kappa shape index (κ3) is 4.55. The highest BCUT2D eigenvalue weighted by Crippen LogP contribution is 2.34. The van der Waals surface area contributed by atoms with Gasteiger partial charge in [0.05, 0.1) is 6.61 Å². The van der Waals surface area contributed by atoms with Crippen molar-refractivity contribution in [2.24, 2.45) is 0 Å². The van der Waals surface area contributed by atoms with Crippen LogP contribution in [0.4, 0.5) is 0 Å². The van der Waals surface area contributed by atoms with Crippen LogP contribution < -0.4 is 9.46 Å². The van der Waals surface area contributed by atoms with E-state index in [0.717, 1.165) is 25.7 Å². The number of hydrogen-bond acceptors (Lipinski definition) is 4. The Morgan fingerprint density at radius 3 is 2.73 bits per heavy atom. The second kappa shape index (κ2) is 8.37. The molecule has 1 aliphatic carbocycles. The molecule has 0 bridgehead atoms. The quantitative estimate of drug-likeness (QED) is 0.799. The number of sulfonamides is 1. The van der Waals surface area contributed by atoms with Gasteiger partial charge in [0.15, 0.2) is 5.75 Å². The summed E-state index contributed by atoms with van der Waals surface area (Å²) in [5.74, 6) is 0.608. The van der Waals surface area contributed by atoms with Gasteiger partial charge in [0.25, 0.3) is 10.0 Å². The zero-order valence-electron chi connectivity index (χ0n) is 14.7. The molecule has 1 aromatic carbocycles. The second-order valence-electron chi connectivity index (χ2n) is 6.47. The molecule has 0 radical (unpaired) electrons. The van der Waals surface area contributed by atoms with Gasteiger partial charge in [0, 0.05) is 17.3 Å². The number of nitrogens with zero attached hydrogens (tertiary/aromatic N) is 1. The Balaban J connectivity index is 1.74. The lowest BCUT2D eigenvalue weighted by atomic mass is 9.82. The van der Waals surface area contributed by atoms with Crippen molar-refractivity contribution in [2.75, 3.05) is 6.61 Å². The maximum absolute atomic E-state index is 12.8. The predicted molar refractivity (Wildman–Crippen MR) is 102 cm³/mol. The highest BCUT2D eigenvalue weighted by atomic mass is 35.5. The molecular formula is C19H23ClN2O3S. The Hall–Kier alpha value is -1.63. The van der Waals surface area contributed by atoms with Crippen molar-refractivity contribution in [3.63, 3.8) is 0 Å². The number of aromatic nitrogens is 1. The van der Waals surface area contributed by atoms with Crippen LogP contribution in [0.5, 0.6) is 5.75 Å². The van der Waals surface area contributed by atoms with E-state index in [9.17, 15) is 8.42 Å². The van der Waals surface area contributed by atoms with Gasteiger partial charge in [-0.25, -0.2) is 18.1 Å². The van der Waals surface area contributed by atoms with E-state index in [0.29, 0.717) is 17.5 Å². The van der Waals surface area contributed by atoms with Crippen molar-refractivity contribution in [2.45, 2.75) is 49.6 Å². The van der Waals surface area contributed by atoms with E-state index < -0.39 is 10.0 Å². The predicted octanol–water partition coefficient (Wildman–Crippen LogP) is 4.14. The third-order valence-electron chi connectivity index (χ3n) is 4.63. The van der Waals surface area contributed by atoms with Crippen molar-refractivity contribution in [3.8, 4) is 5.75 Å². The molecule has 2 atom stereocenters. The van der Waals surface area contributed by atoms with E-state index in [1.54, 1.807) is 12.1 Å². The first-order valence-corrected chi connectivity index (χ1v) is 10.7. The molecule has 1 N–H and O–H groups in total. The normalized spacial score (nSPS) is 20.7. The van der Waals surface area contributed by atoms with Gasteiger partial charge in [0.1, 0.15) is 0 Å². The molecule has 2 aromatic rings. The molecule has 7 heteroatoms. The standard InChI is InChI=1S/C19H23ClN2O3S/c1-2-25-18-7-4-12-21-19(18)26(23,24)22-17-6-3-5-15(13-17)14-8-10-16(20)11-9-14/h4,7-12,15,17,22H,2-3,5-6,13H2,1H3. The SMILES string of the molecule is CCOc1cccnc1S(=O)(=O)NC1CCCC(c2ccc(Cl)cc2)C1. The summed E-state index contributed by atoms with van der Waals surface area (Å²) in [6, 6.07) is 11.0. The molecule has 140 valence electrons. The van der Waals surface area contributed by atoms with Crippen LogP contribution in [0.1, 0.15) is 44.1 Å². The summed E-state index contributed by atoms with van der Waals surface area (Å²) in [6.45, 7) is 2.20. The first kappa shape index (κ1) is 19.1. The molecule has 2 unspecified atom stereocenters. The Bertz CT molecular complexity index is 840. The molecule has 0 spiro atoms. The monoisotopic (exact) mass is 394 g/mol. The van der Waals surface area contributed by atoms with Gasteiger partial charge in [-0.2, -0.15) is 0 Å². The molecule has 1 heterocycles. The average molecular weight is 395 g/mol. The highest BCUT2D eigenvalue weighted by Gasteiger charge is 2.29. The summed E-state index contributed by atoms with van der Waals surface area (Å²) in [4.78, 5) is 4.03. The van der Waals surface area contributed by atoms with Crippen molar-refractivity contribution in [1.29, 1.82) is 0 Å². The van der Waals surface area contributed by atoms with E-state index in [1.807, 2.05) is 31.2 Å². The molecule has 0 amide bonds. The van der Waals surface area contributed by atoms with E-state index in [1.165, 1.54) is 11.8 Å². The minimum Gasteiger partial charge on any atom is -0.491 e. The average Bonchev–Trinajstić information content (AvgIpc) is 2.63. The summed E-state index contributed by atoms with van der Waals surface area (Å²) < 4.78 is 33.9. The highest BCUT2D eigenvalue weighted by molar-refractivity contribution is 7.89. The number of hydrogen-bond donors (Lipinski definition) is 1. The summed E-state index contributed by atoms with van der Waals surface area (Å²) in [7, 11) is -3.73. The molecular weight excluding hydrogens is 372 g/mol. The minimum atomic E-state index is -3.73. The van der Waals surface area contributed by atoms with E-state index in [4.69, 9.17) is 16.3 Å². The fourth-order valence-corrected chi connectivity index (χ4v) is 4.93. The number of ether oxygens (including phenoxy) is 1. The van der Waals surface area contributed by atoms with Crippen LogP contribution in [0.3, 0.4) is 0 Å². The van der Waals surface area contributed by atoms with Crippen LogP contribution in [-0.4, -0.2) is 26.1 Å². The molecule has 0 aliphatic heterocycles. The summed E-state index contributed by atoms with van der Waals surface area (Å²) in [6.07, 6.45) is 5.07. The van der Waals surface area contributed by atoms with Crippen molar-refractivity contribution in [3.05, 3.63) is 53.2 Å². The van der Waals surface area contributed by atoms with Gasteiger partial charge in [-0.05, 0) is 61.9 Å². The van der Waals surface area contributed by atoms with Crippen LogP contribution in [0.15, 0.2) is 47.6 Å². The van der Waals surface area contributed by atoms with Crippen molar-refractivity contribution >= 4 is 21.6 Å². The van der Waals surface area contributed by atoms with Crippen LogP contribution in [-0.2, 0) is 10.0 Å². The van der Waals surface area contributed by atoms with Crippen molar-refractivity contribution < 1.29 is 13.2 Å². The number of pyridine rings is 1. The minimum absolute atomic E-state index is 0.0459. The Morgan fingerprint density at radius 1 is 1.23 bits per heavy atom. The molecule has 1 aromatic heterocycles. The Kier molecular flexibility index (Phi) is 6.16. The number of benzene rings is 1. The first-order chi connectivity index (χ1) is 12.5.